The first-order valence-electron chi connectivity index (χ1n) is 20.1. The fourth-order valence-corrected chi connectivity index (χ4v) is 12.1. The molecule has 13 nitrogen and oxygen atoms in total. The Labute approximate surface area is 344 Å². The van der Waals surface area contributed by atoms with Gasteiger partial charge in [-0.1, -0.05) is 6.07 Å². The highest BCUT2D eigenvalue weighted by atomic mass is 32.2. The predicted molar refractivity (Wildman–Crippen MR) is 220 cm³/mol. The highest BCUT2D eigenvalue weighted by molar-refractivity contribution is 7.89. The van der Waals surface area contributed by atoms with E-state index < -0.39 is 33.6 Å². The smallest absolute Gasteiger partial charge is 0.338 e. The maximum absolute atomic E-state index is 16.0. The van der Waals surface area contributed by atoms with Crippen molar-refractivity contribution in [1.29, 1.82) is 5.26 Å². The van der Waals surface area contributed by atoms with Gasteiger partial charge in [0.1, 0.15) is 18.2 Å². The topological polar surface area (TPSA) is 138 Å². The summed E-state index contributed by atoms with van der Waals surface area (Å²) in [6, 6.07) is 15.2. The number of nitriles is 1. The molecule has 16 heteroatoms. The van der Waals surface area contributed by atoms with Crippen LogP contribution in [0.3, 0.4) is 0 Å². The Morgan fingerprint density at radius 1 is 0.967 bits per heavy atom. The zero-order valence-electron chi connectivity index (χ0n) is 33.9. The van der Waals surface area contributed by atoms with E-state index in [-0.39, 0.29) is 52.2 Å². The maximum Gasteiger partial charge on any atom is 0.338 e. The van der Waals surface area contributed by atoms with Crippen LogP contribution < -0.4 is 5.69 Å². The quantitative estimate of drug-likeness (QED) is 0.166. The first kappa shape index (κ1) is 38.3. The van der Waals surface area contributed by atoms with E-state index in [1.807, 2.05) is 18.2 Å². The Bertz CT molecular complexity index is 3120. The minimum atomic E-state index is -4.27. The van der Waals surface area contributed by atoms with Crippen LogP contribution in [0.4, 0.5) is 8.78 Å². The first-order valence-corrected chi connectivity index (χ1v) is 21.6. The number of fused-ring (bicyclic) bond motifs is 6. The molecule has 1 unspecified atom stereocenters. The fraction of sp³-hybridized carbons (Fsp3) is 0.364. The van der Waals surface area contributed by atoms with Gasteiger partial charge in [-0.25, -0.2) is 26.7 Å². The summed E-state index contributed by atoms with van der Waals surface area (Å²) in [5, 5.41) is 20.2. The minimum Gasteiger partial charge on any atom is -0.376 e. The van der Waals surface area contributed by atoms with E-state index in [9.17, 15) is 10.1 Å². The molecule has 2 bridgehead atoms. The maximum atomic E-state index is 16.0. The van der Waals surface area contributed by atoms with Crippen LogP contribution >= 0.6 is 0 Å². The average molecular weight is 832 g/mol. The number of aryl methyl sites for hydroxylation is 3. The molecule has 3 aromatic carbocycles. The van der Waals surface area contributed by atoms with Crippen molar-refractivity contribution in [2.75, 3.05) is 6.61 Å². The molecule has 0 amide bonds. The van der Waals surface area contributed by atoms with Gasteiger partial charge in [0.25, 0.3) is 10.0 Å². The van der Waals surface area contributed by atoms with Crippen molar-refractivity contribution in [3.8, 4) is 23.3 Å². The average Bonchev–Trinajstić information content (AvgIpc) is 4.03. The van der Waals surface area contributed by atoms with Crippen LogP contribution in [-0.4, -0.2) is 64.2 Å². The van der Waals surface area contributed by atoms with Gasteiger partial charge in [0.15, 0.2) is 10.8 Å². The lowest BCUT2D eigenvalue weighted by atomic mass is 9.83. The normalized spacial score (nSPS) is 20.3. The number of sulfonamides is 1. The highest BCUT2D eigenvalue weighted by Gasteiger charge is 2.51. The van der Waals surface area contributed by atoms with Crippen LogP contribution in [0.5, 0.6) is 0 Å². The molecule has 2 fully saturated rings. The SMILES string of the molecule is Cc1cc(-n2nc3c(c2-n2ccn(-c4ccc5c(cnn5C)c4F)c2=O)[C@@H]2CC[C@H](C3)N2S(=O)(=O)c2cc3cc(C4CCOC(C)(C)C4)ccc3n2CC#N)cc(C)c1F. The van der Waals surface area contributed by atoms with Crippen molar-refractivity contribution in [1.82, 2.24) is 37.6 Å². The summed E-state index contributed by atoms with van der Waals surface area (Å²) in [5.41, 5.74) is 3.85. The van der Waals surface area contributed by atoms with E-state index in [0.717, 1.165) is 23.8 Å². The molecule has 0 N–H and O–H groups in total. The molecule has 0 saturated carbocycles. The number of ether oxygens (including phenoxy) is 1. The van der Waals surface area contributed by atoms with Gasteiger partial charge in [0, 0.05) is 49.5 Å². The molecule has 7 aromatic rings. The Morgan fingerprint density at radius 2 is 1.72 bits per heavy atom. The second-order valence-corrected chi connectivity index (χ2v) is 18.8. The molecule has 0 aliphatic carbocycles. The standard InChI is InChI=1S/C44H43F2N9O4S/c1-25-18-31(19-26(2)40(25)45)54-42(53-16-15-52(43(53)56)37-11-10-35-32(41(37)46)24-48-50(35)5)39-33(49-54)22-30-7-9-36(39)55(30)60(57,58)38-21-29-20-27(6-8-34(29)51(38)14-13-47)28-12-17-59-44(3,4)23-28/h6,8,10-11,15-16,18-21,24,28,30,36H,7,9,12,14,17,22-23H2,1-5H3/t28?,30-,36+/m1/s1. The number of nitrogens with zero attached hydrogens (tertiary/aromatic N) is 9. The van der Waals surface area contributed by atoms with Gasteiger partial charge >= 0.3 is 5.69 Å². The number of hydrogen-bond acceptors (Lipinski definition) is 7. The van der Waals surface area contributed by atoms with Crippen molar-refractivity contribution < 1.29 is 21.9 Å². The van der Waals surface area contributed by atoms with Gasteiger partial charge in [-0.2, -0.15) is 19.8 Å². The third-order valence-electron chi connectivity index (χ3n) is 12.8. The van der Waals surface area contributed by atoms with Crippen LogP contribution in [-0.2, 0) is 34.8 Å². The van der Waals surface area contributed by atoms with Crippen LogP contribution in [0.1, 0.15) is 79.4 Å². The zero-order valence-corrected chi connectivity index (χ0v) is 34.7. The van der Waals surface area contributed by atoms with Gasteiger partial charge in [0.2, 0.25) is 0 Å². The van der Waals surface area contributed by atoms with E-state index in [1.54, 1.807) is 59.1 Å². The number of aromatic nitrogens is 7. The monoisotopic (exact) mass is 831 g/mol. The molecule has 3 aliphatic rings. The molecule has 2 saturated heterocycles. The van der Waals surface area contributed by atoms with E-state index >= 15 is 17.2 Å². The van der Waals surface area contributed by atoms with E-state index in [1.165, 1.54) is 38.1 Å². The number of rotatable bonds is 7. The largest absolute Gasteiger partial charge is 0.376 e. The number of benzene rings is 3. The molecule has 7 heterocycles. The van der Waals surface area contributed by atoms with Crippen LogP contribution in [0.15, 0.2) is 76.9 Å². The summed E-state index contributed by atoms with van der Waals surface area (Å²) < 4.78 is 76.3. The zero-order chi connectivity index (χ0) is 42.0. The van der Waals surface area contributed by atoms with Crippen molar-refractivity contribution >= 4 is 31.8 Å². The van der Waals surface area contributed by atoms with Gasteiger partial charge in [-0.3, -0.25) is 13.8 Å². The second kappa shape index (κ2) is 13.6. The van der Waals surface area contributed by atoms with Gasteiger partial charge in [-0.15, -0.1) is 0 Å². The number of halogens is 2. The van der Waals surface area contributed by atoms with Crippen molar-refractivity contribution in [2.45, 2.75) is 95.0 Å². The summed E-state index contributed by atoms with van der Waals surface area (Å²) >= 11 is 0. The van der Waals surface area contributed by atoms with Crippen molar-refractivity contribution in [3.63, 3.8) is 0 Å². The molecule has 3 atom stereocenters. The minimum absolute atomic E-state index is 0.0202. The highest BCUT2D eigenvalue weighted by Crippen LogP contribution is 2.49. The molecular formula is C44H43F2N9O4S. The lowest BCUT2D eigenvalue weighted by Gasteiger charge is -2.35. The van der Waals surface area contributed by atoms with E-state index in [2.05, 4.69) is 25.0 Å². The van der Waals surface area contributed by atoms with Gasteiger partial charge in [-0.05, 0) is 118 Å². The summed E-state index contributed by atoms with van der Waals surface area (Å²) in [4.78, 5) is 14.6. The Kier molecular flexibility index (Phi) is 8.66. The number of imidazole rings is 1. The van der Waals surface area contributed by atoms with E-state index in [4.69, 9.17) is 9.84 Å². The third kappa shape index (κ3) is 5.73. The van der Waals surface area contributed by atoms with Gasteiger partial charge in [0.05, 0.1) is 57.4 Å². The lowest BCUT2D eigenvalue weighted by Crippen LogP contribution is -2.42. The molecule has 3 aliphatic heterocycles. The van der Waals surface area contributed by atoms with Crippen LogP contribution in [0, 0.1) is 36.8 Å². The van der Waals surface area contributed by atoms with Crippen LogP contribution in [0.25, 0.3) is 39.0 Å². The predicted octanol–water partition coefficient (Wildman–Crippen LogP) is 7.20. The van der Waals surface area contributed by atoms with E-state index in [0.29, 0.717) is 58.6 Å². The third-order valence-corrected chi connectivity index (χ3v) is 14.8. The molecular weight excluding hydrogens is 789 g/mol. The summed E-state index contributed by atoms with van der Waals surface area (Å²) in [5.74, 6) is -0.456. The summed E-state index contributed by atoms with van der Waals surface area (Å²) in [6.45, 7) is 7.92. The molecule has 10 rings (SSSR count). The molecule has 308 valence electrons. The molecule has 0 spiro atoms. The fourth-order valence-electron chi connectivity index (χ4n) is 10.0. The molecule has 0 radical (unpaired) electrons. The molecule has 60 heavy (non-hydrogen) atoms. The Hall–Kier alpha value is -5.89. The first-order chi connectivity index (χ1) is 28.7. The lowest BCUT2D eigenvalue weighted by molar-refractivity contribution is -0.0592. The molecule has 4 aromatic heterocycles. The van der Waals surface area contributed by atoms with Crippen LogP contribution in [0.2, 0.25) is 0 Å². The Morgan fingerprint density at radius 3 is 2.47 bits per heavy atom. The summed E-state index contributed by atoms with van der Waals surface area (Å²) in [7, 11) is -2.56. The second-order valence-electron chi connectivity index (χ2n) is 17.0. The number of hydrogen-bond donors (Lipinski definition) is 0. The Balaban J connectivity index is 1.12. The van der Waals surface area contributed by atoms with Crippen molar-refractivity contribution in [2.24, 2.45) is 7.05 Å². The summed E-state index contributed by atoms with van der Waals surface area (Å²) in [6.07, 6.45) is 7.34. The van der Waals surface area contributed by atoms with Crippen molar-refractivity contribution in [3.05, 3.63) is 117 Å². The van der Waals surface area contributed by atoms with Gasteiger partial charge < -0.3 is 9.30 Å².